The SMILES string of the molecule is CCC(c1ccccc1)N1CCN(S(=O)(=O)c2c(C)noc2C)CC1. The molecule has 1 saturated heterocycles. The number of hydrogen-bond donors (Lipinski definition) is 0. The third kappa shape index (κ3) is 3.49. The van der Waals surface area contributed by atoms with Gasteiger partial charge < -0.3 is 4.52 Å². The molecule has 0 amide bonds. The zero-order valence-corrected chi connectivity index (χ0v) is 15.8. The second kappa shape index (κ2) is 7.27. The smallest absolute Gasteiger partial charge is 0.248 e. The van der Waals surface area contributed by atoms with Crippen LogP contribution in [0.4, 0.5) is 0 Å². The number of hydrogen-bond acceptors (Lipinski definition) is 5. The molecule has 1 aromatic heterocycles. The fraction of sp³-hybridized carbons (Fsp3) is 0.500. The Kier molecular flexibility index (Phi) is 5.27. The summed E-state index contributed by atoms with van der Waals surface area (Å²) in [6, 6.07) is 10.7. The van der Waals surface area contributed by atoms with Gasteiger partial charge in [0.05, 0.1) is 0 Å². The molecule has 1 aliphatic rings. The van der Waals surface area contributed by atoms with E-state index < -0.39 is 10.0 Å². The lowest BCUT2D eigenvalue weighted by molar-refractivity contribution is 0.133. The Morgan fingerprint density at radius 2 is 1.76 bits per heavy atom. The van der Waals surface area contributed by atoms with E-state index in [-0.39, 0.29) is 4.90 Å². The van der Waals surface area contributed by atoms with Gasteiger partial charge in [-0.25, -0.2) is 8.42 Å². The van der Waals surface area contributed by atoms with Gasteiger partial charge in [-0.2, -0.15) is 4.31 Å². The molecular weight excluding hydrogens is 338 g/mol. The number of aromatic nitrogens is 1. The van der Waals surface area contributed by atoms with E-state index in [0.717, 1.165) is 19.5 Å². The predicted molar refractivity (Wildman–Crippen MR) is 95.8 cm³/mol. The summed E-state index contributed by atoms with van der Waals surface area (Å²) in [5.74, 6) is 0.357. The predicted octanol–water partition coefficient (Wildman–Crippen LogP) is 2.75. The summed E-state index contributed by atoms with van der Waals surface area (Å²) in [5.41, 5.74) is 1.71. The number of piperazine rings is 1. The summed E-state index contributed by atoms with van der Waals surface area (Å²) in [4.78, 5) is 2.59. The first kappa shape index (κ1) is 18.1. The fourth-order valence-corrected chi connectivity index (χ4v) is 5.32. The first-order valence-electron chi connectivity index (χ1n) is 8.67. The van der Waals surface area contributed by atoms with Gasteiger partial charge in [0.1, 0.15) is 10.6 Å². The van der Waals surface area contributed by atoms with Crippen LogP contribution in [-0.2, 0) is 10.0 Å². The third-order valence-corrected chi connectivity index (χ3v) is 6.99. The normalized spacial score (nSPS) is 18.4. The van der Waals surface area contributed by atoms with Crippen LogP contribution in [0.5, 0.6) is 0 Å². The monoisotopic (exact) mass is 363 g/mol. The average molecular weight is 363 g/mol. The number of benzene rings is 1. The van der Waals surface area contributed by atoms with Gasteiger partial charge >= 0.3 is 0 Å². The van der Waals surface area contributed by atoms with E-state index in [1.165, 1.54) is 5.56 Å². The van der Waals surface area contributed by atoms with Gasteiger partial charge in [0.25, 0.3) is 0 Å². The van der Waals surface area contributed by atoms with Gasteiger partial charge in [-0.1, -0.05) is 42.4 Å². The van der Waals surface area contributed by atoms with E-state index in [4.69, 9.17) is 4.52 Å². The minimum atomic E-state index is -3.55. The lowest BCUT2D eigenvalue weighted by atomic mass is 10.0. The highest BCUT2D eigenvalue weighted by molar-refractivity contribution is 7.89. The summed E-state index contributed by atoms with van der Waals surface area (Å²) in [5, 5.41) is 3.78. The molecule has 3 rings (SSSR count). The Morgan fingerprint density at radius 1 is 1.12 bits per heavy atom. The van der Waals surface area contributed by atoms with Gasteiger partial charge in [0.2, 0.25) is 10.0 Å². The quantitative estimate of drug-likeness (QED) is 0.817. The van der Waals surface area contributed by atoms with Crippen molar-refractivity contribution in [3.05, 3.63) is 47.3 Å². The fourth-order valence-electron chi connectivity index (χ4n) is 3.61. The van der Waals surface area contributed by atoms with Crippen molar-refractivity contribution >= 4 is 10.0 Å². The highest BCUT2D eigenvalue weighted by Crippen LogP contribution is 2.28. The molecule has 7 heteroatoms. The van der Waals surface area contributed by atoms with E-state index in [2.05, 4.69) is 41.2 Å². The number of rotatable bonds is 5. The van der Waals surface area contributed by atoms with Crippen LogP contribution in [0.1, 0.15) is 36.4 Å². The highest BCUT2D eigenvalue weighted by Gasteiger charge is 2.34. The molecule has 0 bridgehead atoms. The van der Waals surface area contributed by atoms with Crippen LogP contribution in [0.2, 0.25) is 0 Å². The summed E-state index contributed by atoms with van der Waals surface area (Å²) in [6.07, 6.45) is 1.00. The van der Waals surface area contributed by atoms with Crippen molar-refractivity contribution in [3.63, 3.8) is 0 Å². The Morgan fingerprint density at radius 3 is 2.28 bits per heavy atom. The Labute approximate surface area is 149 Å². The first-order chi connectivity index (χ1) is 11.9. The summed E-state index contributed by atoms with van der Waals surface area (Å²) < 4.78 is 32.4. The van der Waals surface area contributed by atoms with Crippen molar-refractivity contribution in [2.24, 2.45) is 0 Å². The molecule has 2 aromatic rings. The number of aryl methyl sites for hydroxylation is 2. The standard InChI is InChI=1S/C18H25N3O3S/c1-4-17(16-8-6-5-7-9-16)20-10-12-21(13-11-20)25(22,23)18-14(2)19-24-15(18)3/h5-9,17H,4,10-13H2,1-3H3. The number of nitrogens with zero attached hydrogens (tertiary/aromatic N) is 3. The maximum Gasteiger partial charge on any atom is 0.248 e. The second-order valence-corrected chi connectivity index (χ2v) is 8.30. The third-order valence-electron chi connectivity index (χ3n) is 4.85. The van der Waals surface area contributed by atoms with E-state index in [1.54, 1.807) is 18.2 Å². The molecule has 1 fully saturated rings. The van der Waals surface area contributed by atoms with Gasteiger partial charge in [-0.05, 0) is 25.8 Å². The topological polar surface area (TPSA) is 66.7 Å². The summed E-state index contributed by atoms with van der Waals surface area (Å²) in [6.45, 7) is 7.88. The van der Waals surface area contributed by atoms with Crippen molar-refractivity contribution in [2.75, 3.05) is 26.2 Å². The van der Waals surface area contributed by atoms with Crippen LogP contribution in [-0.4, -0.2) is 49.0 Å². The Balaban J connectivity index is 1.73. The van der Waals surface area contributed by atoms with E-state index in [9.17, 15) is 8.42 Å². The van der Waals surface area contributed by atoms with Crippen LogP contribution in [0.3, 0.4) is 0 Å². The molecule has 6 nitrogen and oxygen atoms in total. The van der Waals surface area contributed by atoms with E-state index in [1.807, 2.05) is 6.07 Å². The van der Waals surface area contributed by atoms with Crippen LogP contribution >= 0.6 is 0 Å². The molecule has 1 unspecified atom stereocenters. The van der Waals surface area contributed by atoms with Crippen molar-refractivity contribution < 1.29 is 12.9 Å². The van der Waals surface area contributed by atoms with Gasteiger partial charge in [-0.3, -0.25) is 4.90 Å². The molecule has 0 N–H and O–H groups in total. The Bertz CT molecular complexity index is 790. The Hall–Kier alpha value is -1.70. The van der Waals surface area contributed by atoms with E-state index >= 15 is 0 Å². The largest absolute Gasteiger partial charge is 0.360 e. The second-order valence-electron chi connectivity index (χ2n) is 6.43. The maximum absolute atomic E-state index is 12.9. The van der Waals surface area contributed by atoms with Crippen molar-refractivity contribution in [1.82, 2.24) is 14.4 Å². The van der Waals surface area contributed by atoms with Crippen LogP contribution in [0.25, 0.3) is 0 Å². The molecule has 0 saturated carbocycles. The van der Waals surface area contributed by atoms with Gasteiger partial charge in [0.15, 0.2) is 5.76 Å². The van der Waals surface area contributed by atoms with Crippen LogP contribution < -0.4 is 0 Å². The average Bonchev–Trinajstić information content (AvgIpc) is 2.96. The molecule has 2 heterocycles. The molecule has 0 aliphatic carbocycles. The number of sulfonamides is 1. The molecule has 0 radical (unpaired) electrons. The molecule has 1 aromatic carbocycles. The van der Waals surface area contributed by atoms with Crippen molar-refractivity contribution in [2.45, 2.75) is 38.1 Å². The summed E-state index contributed by atoms with van der Waals surface area (Å²) >= 11 is 0. The summed E-state index contributed by atoms with van der Waals surface area (Å²) in [7, 11) is -3.55. The lowest BCUT2D eigenvalue weighted by Gasteiger charge is -2.38. The highest BCUT2D eigenvalue weighted by atomic mass is 32.2. The lowest BCUT2D eigenvalue weighted by Crippen LogP contribution is -2.49. The van der Waals surface area contributed by atoms with Crippen LogP contribution in [0, 0.1) is 13.8 Å². The zero-order chi connectivity index (χ0) is 18.0. The molecular formula is C18H25N3O3S. The van der Waals surface area contributed by atoms with Crippen LogP contribution in [0.15, 0.2) is 39.8 Å². The van der Waals surface area contributed by atoms with E-state index in [0.29, 0.717) is 30.6 Å². The minimum Gasteiger partial charge on any atom is -0.360 e. The van der Waals surface area contributed by atoms with Crippen molar-refractivity contribution in [1.29, 1.82) is 0 Å². The molecule has 1 atom stereocenters. The molecule has 25 heavy (non-hydrogen) atoms. The first-order valence-corrected chi connectivity index (χ1v) is 10.1. The van der Waals surface area contributed by atoms with Gasteiger partial charge in [-0.15, -0.1) is 0 Å². The van der Waals surface area contributed by atoms with Gasteiger partial charge in [0, 0.05) is 32.2 Å². The molecule has 0 spiro atoms. The molecule has 1 aliphatic heterocycles. The maximum atomic E-state index is 12.9. The van der Waals surface area contributed by atoms with Crippen molar-refractivity contribution in [3.8, 4) is 0 Å². The molecule has 136 valence electrons. The minimum absolute atomic E-state index is 0.219. The zero-order valence-electron chi connectivity index (χ0n) is 15.0.